The maximum absolute atomic E-state index is 10.6. The van der Waals surface area contributed by atoms with Gasteiger partial charge in [0.05, 0.1) is 0 Å². The normalized spacial score (nSPS) is 12.8. The van der Waals surface area contributed by atoms with Gasteiger partial charge in [0.2, 0.25) is 0 Å². The highest BCUT2D eigenvalue weighted by Crippen LogP contribution is 2.10. The molecule has 13 heavy (non-hydrogen) atoms. The van der Waals surface area contributed by atoms with Gasteiger partial charge in [0.1, 0.15) is 5.78 Å². The first kappa shape index (κ1) is 12.6. The lowest BCUT2D eigenvalue weighted by atomic mass is 10.0. The highest BCUT2D eigenvalue weighted by Gasteiger charge is 1.99. The molecule has 0 amide bonds. The molecule has 0 aliphatic rings. The summed E-state index contributed by atoms with van der Waals surface area (Å²) in [4.78, 5) is 10.6. The van der Waals surface area contributed by atoms with Crippen molar-refractivity contribution >= 4 is 5.78 Å². The lowest BCUT2D eigenvalue weighted by Gasteiger charge is -2.06. The summed E-state index contributed by atoms with van der Waals surface area (Å²) in [5.74, 6) is 0.733. The number of hydrogen-bond acceptors (Lipinski definition) is 2. The van der Waals surface area contributed by atoms with Crippen molar-refractivity contribution in [2.45, 2.75) is 52.4 Å². The Balaban J connectivity index is 3.04. The summed E-state index contributed by atoms with van der Waals surface area (Å²) in [6.07, 6.45) is 6.39. The molecule has 0 saturated carbocycles. The van der Waals surface area contributed by atoms with Crippen LogP contribution < -0.4 is 0 Å². The first-order valence-corrected chi connectivity index (χ1v) is 5.27. The molecule has 1 N–H and O–H groups in total. The number of carbonyl (C=O) groups excluding carboxylic acids is 1. The zero-order valence-electron chi connectivity index (χ0n) is 8.88. The minimum atomic E-state index is 0.295. The number of Topliss-reactive ketones (excluding diaryl/α,β-unsaturated/α-hetero) is 1. The van der Waals surface area contributed by atoms with Gasteiger partial charge in [-0.2, -0.15) is 0 Å². The Morgan fingerprint density at radius 3 is 2.38 bits per heavy atom. The second-order valence-corrected chi connectivity index (χ2v) is 3.94. The third-order valence-corrected chi connectivity index (χ3v) is 2.29. The fourth-order valence-corrected chi connectivity index (χ4v) is 1.31. The van der Waals surface area contributed by atoms with Gasteiger partial charge in [-0.15, -0.1) is 0 Å². The molecule has 0 bridgehead atoms. The maximum atomic E-state index is 10.6. The van der Waals surface area contributed by atoms with Crippen LogP contribution in [0, 0.1) is 5.92 Å². The highest BCUT2D eigenvalue weighted by atomic mass is 16.3. The summed E-state index contributed by atoms with van der Waals surface area (Å²) in [7, 11) is 0. The number of carbonyl (C=O) groups is 1. The van der Waals surface area contributed by atoms with Crippen LogP contribution in [0.25, 0.3) is 0 Å². The Labute approximate surface area is 81.3 Å². The maximum Gasteiger partial charge on any atom is 0.129 e. The largest absolute Gasteiger partial charge is 0.396 e. The van der Waals surface area contributed by atoms with E-state index in [1.807, 2.05) is 0 Å². The van der Waals surface area contributed by atoms with Gasteiger partial charge in [-0.3, -0.25) is 0 Å². The lowest BCUT2D eigenvalue weighted by Crippen LogP contribution is -1.99. The minimum Gasteiger partial charge on any atom is -0.396 e. The van der Waals surface area contributed by atoms with E-state index in [4.69, 9.17) is 5.11 Å². The summed E-state index contributed by atoms with van der Waals surface area (Å²) in [6.45, 7) is 4.01. The van der Waals surface area contributed by atoms with Crippen molar-refractivity contribution in [1.82, 2.24) is 0 Å². The number of aliphatic hydroxyl groups excluding tert-OH is 1. The van der Waals surface area contributed by atoms with Gasteiger partial charge >= 0.3 is 0 Å². The van der Waals surface area contributed by atoms with Crippen LogP contribution in [0.3, 0.4) is 0 Å². The fraction of sp³-hybridized carbons (Fsp3) is 0.909. The smallest absolute Gasteiger partial charge is 0.129 e. The van der Waals surface area contributed by atoms with Gasteiger partial charge in [-0.25, -0.2) is 0 Å². The van der Waals surface area contributed by atoms with Crippen LogP contribution in [0.5, 0.6) is 0 Å². The van der Waals surface area contributed by atoms with Crippen molar-refractivity contribution in [3.8, 4) is 0 Å². The average molecular weight is 186 g/mol. The minimum absolute atomic E-state index is 0.295. The van der Waals surface area contributed by atoms with Crippen molar-refractivity contribution in [1.29, 1.82) is 0 Å². The van der Waals surface area contributed by atoms with Gasteiger partial charge in [0.25, 0.3) is 0 Å². The molecule has 78 valence electrons. The van der Waals surface area contributed by atoms with Crippen LogP contribution in [0.15, 0.2) is 0 Å². The second-order valence-electron chi connectivity index (χ2n) is 3.94. The van der Waals surface area contributed by atoms with E-state index in [1.54, 1.807) is 6.92 Å². The Morgan fingerprint density at radius 1 is 1.23 bits per heavy atom. The summed E-state index contributed by atoms with van der Waals surface area (Å²) < 4.78 is 0. The molecule has 0 spiro atoms. The molecule has 0 aromatic heterocycles. The molecular weight excluding hydrogens is 164 g/mol. The molecular formula is C11H22O2. The Bertz CT molecular complexity index is 132. The number of rotatable bonds is 8. The Kier molecular flexibility index (Phi) is 8.00. The van der Waals surface area contributed by atoms with Crippen molar-refractivity contribution in [3.05, 3.63) is 0 Å². The Hall–Kier alpha value is -0.370. The number of hydrogen-bond donors (Lipinski definition) is 1. The van der Waals surface area contributed by atoms with E-state index in [-0.39, 0.29) is 0 Å². The van der Waals surface area contributed by atoms with E-state index in [0.29, 0.717) is 18.3 Å². The molecule has 0 aliphatic carbocycles. The quantitative estimate of drug-likeness (QED) is 0.591. The number of aliphatic hydroxyl groups is 1. The van der Waals surface area contributed by atoms with Gasteiger partial charge in [0.15, 0.2) is 0 Å². The van der Waals surface area contributed by atoms with Crippen LogP contribution >= 0.6 is 0 Å². The lowest BCUT2D eigenvalue weighted by molar-refractivity contribution is -0.117. The van der Waals surface area contributed by atoms with Gasteiger partial charge in [-0.1, -0.05) is 26.2 Å². The fourth-order valence-electron chi connectivity index (χ4n) is 1.31. The van der Waals surface area contributed by atoms with Gasteiger partial charge < -0.3 is 9.90 Å². The zero-order valence-corrected chi connectivity index (χ0v) is 8.88. The van der Waals surface area contributed by atoms with Gasteiger partial charge in [0, 0.05) is 13.0 Å². The molecule has 0 unspecified atom stereocenters. The van der Waals surface area contributed by atoms with E-state index in [2.05, 4.69) is 6.92 Å². The number of ketones is 1. The van der Waals surface area contributed by atoms with E-state index in [9.17, 15) is 4.79 Å². The average Bonchev–Trinajstić information content (AvgIpc) is 2.10. The predicted octanol–water partition coefficient (Wildman–Crippen LogP) is 2.54. The molecule has 0 heterocycles. The van der Waals surface area contributed by atoms with Crippen LogP contribution in [0.2, 0.25) is 0 Å². The van der Waals surface area contributed by atoms with Crippen molar-refractivity contribution in [2.75, 3.05) is 6.61 Å². The molecule has 0 aromatic rings. The van der Waals surface area contributed by atoms with Crippen molar-refractivity contribution < 1.29 is 9.90 Å². The van der Waals surface area contributed by atoms with E-state index >= 15 is 0 Å². The van der Waals surface area contributed by atoms with Crippen molar-refractivity contribution in [2.24, 2.45) is 5.92 Å². The predicted molar refractivity (Wildman–Crippen MR) is 54.6 cm³/mol. The van der Waals surface area contributed by atoms with Crippen LogP contribution in [0.4, 0.5) is 0 Å². The monoisotopic (exact) mass is 186 g/mol. The van der Waals surface area contributed by atoms with Crippen molar-refractivity contribution in [3.63, 3.8) is 0 Å². The standard InChI is InChI=1S/C11H22O2/c1-10(9-12)7-5-3-4-6-8-11(2)13/h10,12H,3-9H2,1-2H3/t10-/m1/s1. The summed E-state index contributed by atoms with van der Waals surface area (Å²) in [5.41, 5.74) is 0. The summed E-state index contributed by atoms with van der Waals surface area (Å²) in [5, 5.41) is 8.77. The van der Waals surface area contributed by atoms with E-state index < -0.39 is 0 Å². The molecule has 0 radical (unpaired) electrons. The SMILES string of the molecule is CC(=O)CCCCCC[C@@H](C)CO. The molecule has 0 saturated heterocycles. The Morgan fingerprint density at radius 2 is 1.85 bits per heavy atom. The number of unbranched alkanes of at least 4 members (excludes halogenated alkanes) is 3. The molecule has 0 fully saturated rings. The third-order valence-electron chi connectivity index (χ3n) is 2.29. The van der Waals surface area contributed by atoms with Gasteiger partial charge in [-0.05, 0) is 25.7 Å². The first-order valence-electron chi connectivity index (χ1n) is 5.27. The second kappa shape index (κ2) is 8.24. The van der Waals surface area contributed by atoms with E-state index in [0.717, 1.165) is 25.7 Å². The first-order chi connectivity index (χ1) is 6.16. The summed E-state index contributed by atoms with van der Waals surface area (Å²) >= 11 is 0. The van der Waals surface area contributed by atoms with Crippen LogP contribution in [-0.4, -0.2) is 17.5 Å². The summed E-state index contributed by atoms with van der Waals surface area (Å²) in [6, 6.07) is 0. The molecule has 2 nitrogen and oxygen atoms in total. The molecule has 0 aromatic carbocycles. The topological polar surface area (TPSA) is 37.3 Å². The molecule has 0 aliphatic heterocycles. The van der Waals surface area contributed by atoms with Crippen LogP contribution in [-0.2, 0) is 4.79 Å². The van der Waals surface area contributed by atoms with Crippen LogP contribution in [0.1, 0.15) is 52.4 Å². The molecule has 0 rings (SSSR count). The van der Waals surface area contributed by atoms with E-state index in [1.165, 1.54) is 12.8 Å². The molecule has 1 atom stereocenters. The highest BCUT2D eigenvalue weighted by molar-refractivity contribution is 5.75. The third kappa shape index (κ3) is 9.54. The molecule has 2 heteroatoms. The zero-order chi connectivity index (χ0) is 10.1.